The van der Waals surface area contributed by atoms with Crippen LogP contribution in [-0.4, -0.2) is 59.0 Å². The molecule has 2 rings (SSSR count). The SMILES string of the molecule is COc1cc(OC)cc(OCCCN(C)CC2CCNCC2)c1.Cl. The minimum atomic E-state index is 0. The first-order chi connectivity index (χ1) is 11.2. The highest BCUT2D eigenvalue weighted by Crippen LogP contribution is 2.27. The molecule has 1 aliphatic heterocycles. The first kappa shape index (κ1) is 20.9. The number of nitrogens with zero attached hydrogens (tertiary/aromatic N) is 1. The fraction of sp³-hybridized carbons (Fsp3) is 0.667. The van der Waals surface area contributed by atoms with Crippen LogP contribution in [0.3, 0.4) is 0 Å². The van der Waals surface area contributed by atoms with Crippen LogP contribution in [-0.2, 0) is 0 Å². The van der Waals surface area contributed by atoms with Crippen molar-refractivity contribution in [1.82, 2.24) is 10.2 Å². The van der Waals surface area contributed by atoms with Crippen molar-refractivity contribution in [3.05, 3.63) is 18.2 Å². The lowest BCUT2D eigenvalue weighted by atomic mass is 9.98. The van der Waals surface area contributed by atoms with E-state index in [1.54, 1.807) is 14.2 Å². The van der Waals surface area contributed by atoms with Crippen LogP contribution in [0.15, 0.2) is 18.2 Å². The van der Waals surface area contributed by atoms with Crippen LogP contribution in [0.2, 0.25) is 0 Å². The predicted molar refractivity (Wildman–Crippen MR) is 100.0 cm³/mol. The number of halogens is 1. The zero-order valence-corrected chi connectivity index (χ0v) is 15.9. The van der Waals surface area contributed by atoms with Gasteiger partial charge in [0, 0.05) is 31.3 Å². The first-order valence-corrected chi connectivity index (χ1v) is 8.46. The molecule has 0 saturated carbocycles. The zero-order valence-electron chi connectivity index (χ0n) is 15.0. The summed E-state index contributed by atoms with van der Waals surface area (Å²) in [5.74, 6) is 3.14. The average Bonchev–Trinajstić information content (AvgIpc) is 2.59. The van der Waals surface area contributed by atoms with Gasteiger partial charge in [0.05, 0.1) is 20.8 Å². The number of hydrogen-bond acceptors (Lipinski definition) is 5. The van der Waals surface area contributed by atoms with E-state index >= 15 is 0 Å². The molecule has 0 radical (unpaired) electrons. The van der Waals surface area contributed by atoms with Crippen molar-refractivity contribution < 1.29 is 14.2 Å². The summed E-state index contributed by atoms with van der Waals surface area (Å²) in [6.45, 7) is 5.28. The van der Waals surface area contributed by atoms with Gasteiger partial charge in [0.25, 0.3) is 0 Å². The first-order valence-electron chi connectivity index (χ1n) is 8.46. The molecule has 1 heterocycles. The normalized spacial score (nSPS) is 15.0. The predicted octanol–water partition coefficient (Wildman–Crippen LogP) is 2.83. The van der Waals surface area contributed by atoms with Gasteiger partial charge in [-0.3, -0.25) is 0 Å². The Bertz CT molecular complexity index is 445. The summed E-state index contributed by atoms with van der Waals surface area (Å²) in [4.78, 5) is 2.42. The summed E-state index contributed by atoms with van der Waals surface area (Å²) < 4.78 is 16.3. The van der Waals surface area contributed by atoms with Crippen molar-refractivity contribution in [2.75, 3.05) is 54.1 Å². The van der Waals surface area contributed by atoms with Gasteiger partial charge >= 0.3 is 0 Å². The number of hydrogen-bond donors (Lipinski definition) is 1. The van der Waals surface area contributed by atoms with E-state index in [4.69, 9.17) is 14.2 Å². The second kappa shape index (κ2) is 11.4. The lowest BCUT2D eigenvalue weighted by molar-refractivity contribution is 0.218. The molecule has 0 amide bonds. The van der Waals surface area contributed by atoms with Gasteiger partial charge in [-0.2, -0.15) is 0 Å². The number of nitrogens with one attached hydrogen (secondary N) is 1. The van der Waals surface area contributed by atoms with E-state index in [-0.39, 0.29) is 12.4 Å². The molecule has 1 N–H and O–H groups in total. The molecule has 5 nitrogen and oxygen atoms in total. The van der Waals surface area contributed by atoms with Crippen LogP contribution in [0.25, 0.3) is 0 Å². The molecule has 0 spiro atoms. The molecule has 1 aromatic carbocycles. The summed E-state index contributed by atoms with van der Waals surface area (Å²) in [7, 11) is 5.50. The highest BCUT2D eigenvalue weighted by molar-refractivity contribution is 5.85. The molecule has 0 aliphatic carbocycles. The van der Waals surface area contributed by atoms with Crippen molar-refractivity contribution in [1.29, 1.82) is 0 Å². The minimum absolute atomic E-state index is 0. The Hall–Kier alpha value is -1.17. The van der Waals surface area contributed by atoms with Crippen LogP contribution >= 0.6 is 12.4 Å². The largest absolute Gasteiger partial charge is 0.496 e. The summed E-state index contributed by atoms with van der Waals surface area (Å²) >= 11 is 0. The molecular weight excluding hydrogens is 328 g/mol. The van der Waals surface area contributed by atoms with E-state index < -0.39 is 0 Å². The van der Waals surface area contributed by atoms with E-state index in [1.807, 2.05) is 18.2 Å². The van der Waals surface area contributed by atoms with E-state index in [0.29, 0.717) is 6.61 Å². The smallest absolute Gasteiger partial charge is 0.126 e. The minimum Gasteiger partial charge on any atom is -0.496 e. The Morgan fingerprint density at radius 1 is 1.04 bits per heavy atom. The van der Waals surface area contributed by atoms with Gasteiger partial charge in [0.1, 0.15) is 17.2 Å². The second-order valence-electron chi connectivity index (χ2n) is 6.21. The fourth-order valence-corrected chi connectivity index (χ4v) is 2.99. The van der Waals surface area contributed by atoms with Gasteiger partial charge in [-0.05, 0) is 45.3 Å². The molecule has 1 aromatic rings. The van der Waals surface area contributed by atoms with Crippen molar-refractivity contribution >= 4 is 12.4 Å². The topological polar surface area (TPSA) is 43.0 Å². The second-order valence-corrected chi connectivity index (χ2v) is 6.21. The van der Waals surface area contributed by atoms with E-state index in [9.17, 15) is 0 Å². The monoisotopic (exact) mass is 358 g/mol. The van der Waals surface area contributed by atoms with E-state index in [2.05, 4.69) is 17.3 Å². The van der Waals surface area contributed by atoms with Gasteiger partial charge in [-0.15, -0.1) is 12.4 Å². The summed E-state index contributed by atoms with van der Waals surface area (Å²) in [5, 5.41) is 3.42. The summed E-state index contributed by atoms with van der Waals surface area (Å²) in [6.07, 6.45) is 3.61. The molecule has 0 bridgehead atoms. The Morgan fingerprint density at radius 2 is 1.62 bits per heavy atom. The summed E-state index contributed by atoms with van der Waals surface area (Å²) in [6, 6.07) is 5.63. The van der Waals surface area contributed by atoms with Gasteiger partial charge in [0.15, 0.2) is 0 Å². The maximum absolute atomic E-state index is 5.83. The molecular formula is C18H31ClN2O3. The molecule has 0 aromatic heterocycles. The van der Waals surface area contributed by atoms with Gasteiger partial charge in [-0.1, -0.05) is 0 Å². The fourth-order valence-electron chi connectivity index (χ4n) is 2.99. The van der Waals surface area contributed by atoms with Crippen LogP contribution in [0.1, 0.15) is 19.3 Å². The van der Waals surface area contributed by atoms with E-state index in [1.165, 1.54) is 32.5 Å². The van der Waals surface area contributed by atoms with Crippen molar-refractivity contribution in [3.63, 3.8) is 0 Å². The van der Waals surface area contributed by atoms with E-state index in [0.717, 1.165) is 36.1 Å². The average molecular weight is 359 g/mol. The van der Waals surface area contributed by atoms with Crippen molar-refractivity contribution in [2.24, 2.45) is 5.92 Å². The molecule has 0 unspecified atom stereocenters. The molecule has 1 aliphatic rings. The highest BCUT2D eigenvalue weighted by atomic mass is 35.5. The maximum Gasteiger partial charge on any atom is 0.126 e. The number of methoxy groups -OCH3 is 2. The third-order valence-corrected chi connectivity index (χ3v) is 4.31. The number of rotatable bonds is 9. The third-order valence-electron chi connectivity index (χ3n) is 4.31. The molecule has 1 fully saturated rings. The van der Waals surface area contributed by atoms with Crippen molar-refractivity contribution in [2.45, 2.75) is 19.3 Å². The van der Waals surface area contributed by atoms with Crippen molar-refractivity contribution in [3.8, 4) is 17.2 Å². The van der Waals surface area contributed by atoms with Gasteiger partial charge in [0.2, 0.25) is 0 Å². The van der Waals surface area contributed by atoms with Crippen LogP contribution < -0.4 is 19.5 Å². The standard InChI is InChI=1S/C18H30N2O3.ClH/c1-20(14-15-5-7-19-8-6-15)9-4-10-23-18-12-16(21-2)11-17(13-18)22-3;/h11-13,15,19H,4-10,14H2,1-3H3;1H. The Balaban J connectivity index is 0.00000288. The van der Waals surface area contributed by atoms with Gasteiger partial charge < -0.3 is 24.4 Å². The number of ether oxygens (including phenoxy) is 3. The van der Waals surface area contributed by atoms with Crippen LogP contribution in [0.5, 0.6) is 17.2 Å². The lowest BCUT2D eigenvalue weighted by Gasteiger charge is -2.27. The third kappa shape index (κ3) is 7.16. The Labute approximate surface area is 152 Å². The molecule has 1 saturated heterocycles. The highest BCUT2D eigenvalue weighted by Gasteiger charge is 2.14. The zero-order chi connectivity index (χ0) is 16.5. The van der Waals surface area contributed by atoms with Crippen LogP contribution in [0.4, 0.5) is 0 Å². The quantitative estimate of drug-likeness (QED) is 0.687. The summed E-state index contributed by atoms with van der Waals surface area (Å²) in [5.41, 5.74) is 0. The van der Waals surface area contributed by atoms with Gasteiger partial charge in [-0.25, -0.2) is 0 Å². The molecule has 138 valence electrons. The Kier molecular flexibility index (Phi) is 9.91. The Morgan fingerprint density at radius 3 is 2.21 bits per heavy atom. The molecule has 24 heavy (non-hydrogen) atoms. The van der Waals surface area contributed by atoms with Crippen LogP contribution in [0, 0.1) is 5.92 Å². The maximum atomic E-state index is 5.83. The number of benzene rings is 1. The molecule has 6 heteroatoms. The number of piperidine rings is 1. The lowest BCUT2D eigenvalue weighted by Crippen LogP contribution is -2.35. The molecule has 0 atom stereocenters.